The largest absolute Gasteiger partial charge is 0.477 e. The highest BCUT2D eigenvalue weighted by molar-refractivity contribution is 5.71. The maximum atomic E-state index is 12.9. The van der Waals surface area contributed by atoms with E-state index in [9.17, 15) is 19.5 Å². The van der Waals surface area contributed by atoms with Crippen LogP contribution < -0.4 is 0 Å². The number of rotatable bonds is 65. The number of unbranched alkanes of at least 4 members (excludes halogenated alkanes) is 50. The van der Waals surface area contributed by atoms with Crippen LogP contribution in [-0.2, 0) is 33.3 Å². The van der Waals surface area contributed by atoms with Crippen LogP contribution in [0.2, 0.25) is 0 Å². The summed E-state index contributed by atoms with van der Waals surface area (Å²) in [6.07, 6.45) is 68.0. The van der Waals surface area contributed by atoms with Crippen molar-refractivity contribution in [1.82, 2.24) is 0 Å². The third kappa shape index (κ3) is 61.8. The number of carbonyl (C=O) groups is 3. The van der Waals surface area contributed by atoms with Crippen LogP contribution in [0.4, 0.5) is 0 Å². The number of hydrogen-bond acceptors (Lipinski definition) is 7. The fourth-order valence-corrected chi connectivity index (χ4v) is 10.6. The first-order valence-corrected chi connectivity index (χ1v) is 34.2. The number of carboxylic acid groups (broad SMARTS) is 1. The zero-order valence-corrected chi connectivity index (χ0v) is 52.4. The number of esters is 2. The molecule has 0 fully saturated rings. The molecule has 9 heteroatoms. The summed E-state index contributed by atoms with van der Waals surface area (Å²) < 4.78 is 23.0. The van der Waals surface area contributed by atoms with Crippen molar-refractivity contribution < 1.29 is 42.9 Å². The van der Waals surface area contributed by atoms with Gasteiger partial charge in [-0.2, -0.15) is 0 Å². The predicted molar refractivity (Wildman–Crippen MR) is 328 cm³/mol. The van der Waals surface area contributed by atoms with Gasteiger partial charge in [0.15, 0.2) is 6.10 Å². The van der Waals surface area contributed by atoms with Gasteiger partial charge in [-0.25, -0.2) is 4.79 Å². The zero-order valence-electron chi connectivity index (χ0n) is 52.4. The molecule has 0 bridgehead atoms. The highest BCUT2D eigenvalue weighted by atomic mass is 16.7. The van der Waals surface area contributed by atoms with Crippen molar-refractivity contribution >= 4 is 17.9 Å². The van der Waals surface area contributed by atoms with Crippen LogP contribution in [0.3, 0.4) is 0 Å². The number of aliphatic carboxylic acids is 1. The minimum atomic E-state index is -1.50. The van der Waals surface area contributed by atoms with Gasteiger partial charge in [0.05, 0.1) is 34.4 Å². The minimum absolute atomic E-state index is 0.172. The number of ether oxygens (including phenoxy) is 4. The molecule has 0 rings (SSSR count). The molecule has 0 aliphatic carbocycles. The molecular weight excluding hydrogens is 959 g/mol. The van der Waals surface area contributed by atoms with Gasteiger partial charge < -0.3 is 28.5 Å². The van der Waals surface area contributed by atoms with Gasteiger partial charge in [0, 0.05) is 12.8 Å². The molecule has 0 aromatic rings. The van der Waals surface area contributed by atoms with E-state index < -0.39 is 18.4 Å². The summed E-state index contributed by atoms with van der Waals surface area (Å²) in [5, 5.41) is 9.72. The molecule has 0 aliphatic heterocycles. The molecule has 0 saturated heterocycles. The lowest BCUT2D eigenvalue weighted by Gasteiger charge is -2.25. The van der Waals surface area contributed by atoms with Crippen molar-refractivity contribution in [3.8, 4) is 0 Å². The van der Waals surface area contributed by atoms with E-state index in [0.29, 0.717) is 17.4 Å². The fourth-order valence-electron chi connectivity index (χ4n) is 10.6. The number of likely N-dealkylation sites (N-methyl/N-ethyl adjacent to an activating group) is 1. The highest BCUT2D eigenvalue weighted by Gasteiger charge is 2.25. The van der Waals surface area contributed by atoms with Crippen molar-refractivity contribution in [2.45, 2.75) is 373 Å². The van der Waals surface area contributed by atoms with Crippen molar-refractivity contribution in [3.05, 3.63) is 0 Å². The van der Waals surface area contributed by atoms with Gasteiger partial charge in [-0.1, -0.05) is 335 Å². The Bertz CT molecular complexity index is 1220. The Morgan fingerprint density at radius 1 is 0.338 bits per heavy atom. The number of hydrogen-bond donors (Lipinski definition) is 1. The Hall–Kier alpha value is -1.71. The molecule has 0 saturated carbocycles. The molecule has 0 amide bonds. The second-order valence-corrected chi connectivity index (χ2v) is 24.9. The van der Waals surface area contributed by atoms with Crippen LogP contribution in [0, 0.1) is 0 Å². The van der Waals surface area contributed by atoms with Gasteiger partial charge in [0.1, 0.15) is 13.2 Å². The quantitative estimate of drug-likeness (QED) is 0.0278. The average molecular weight is 1090 g/mol. The molecule has 0 aromatic carbocycles. The summed E-state index contributed by atoms with van der Waals surface area (Å²) in [7, 11) is 5.99. The molecule has 2 atom stereocenters. The maximum absolute atomic E-state index is 12.9. The molecule has 0 spiro atoms. The normalized spacial score (nSPS) is 12.6. The smallest absolute Gasteiger partial charge is 0.361 e. The zero-order chi connectivity index (χ0) is 56.2. The summed E-state index contributed by atoms with van der Waals surface area (Å²) >= 11 is 0. The van der Waals surface area contributed by atoms with Crippen LogP contribution in [0.5, 0.6) is 0 Å². The standard InChI is InChI=1S/C68H133NO8/c1-6-8-10-12-14-16-18-20-22-24-25-26-27-28-29-30-31-32-33-34-35-36-37-38-39-40-41-42-43-45-47-49-51-53-55-57-59-66(71)77-64(63-76-68(67(72)73)74-61-60-69(3,4)5)62-75-65(70)58-56-54-52-50-48-46-44-23-21-19-17-15-13-11-9-7-2/h64,68H,6-63H2,1-5H3/p+1. The summed E-state index contributed by atoms with van der Waals surface area (Å²) in [6, 6.07) is 0. The van der Waals surface area contributed by atoms with Crippen LogP contribution in [0.1, 0.15) is 361 Å². The molecular formula is C68H134NO8+. The lowest BCUT2D eigenvalue weighted by Crippen LogP contribution is -2.40. The Balaban J connectivity index is 3.94. The van der Waals surface area contributed by atoms with Crippen molar-refractivity contribution in [3.63, 3.8) is 0 Å². The SMILES string of the molecule is CCCCCCCCCCCCCCCCCCCCCCCCCCCCCCCCCCCCCCC(=O)OC(COC(=O)CCCCCCCCCCCCCCCCCC)COC(OCC[N+](C)(C)C)C(=O)O. The topological polar surface area (TPSA) is 108 Å². The maximum Gasteiger partial charge on any atom is 0.361 e. The predicted octanol–water partition coefficient (Wildman–Crippen LogP) is 20.7. The molecule has 9 nitrogen and oxygen atoms in total. The van der Waals surface area contributed by atoms with Crippen LogP contribution in [-0.4, -0.2) is 87.4 Å². The molecule has 458 valence electrons. The Labute approximate surface area is 479 Å². The van der Waals surface area contributed by atoms with Crippen molar-refractivity contribution in [2.75, 3.05) is 47.5 Å². The van der Waals surface area contributed by atoms with E-state index in [-0.39, 0.29) is 38.2 Å². The highest BCUT2D eigenvalue weighted by Crippen LogP contribution is 2.19. The van der Waals surface area contributed by atoms with Crippen molar-refractivity contribution in [1.29, 1.82) is 0 Å². The molecule has 0 aliphatic rings. The second kappa shape index (κ2) is 60.4. The van der Waals surface area contributed by atoms with Crippen LogP contribution in [0.25, 0.3) is 0 Å². The summed E-state index contributed by atoms with van der Waals surface area (Å²) in [6.45, 7) is 4.96. The summed E-state index contributed by atoms with van der Waals surface area (Å²) in [4.78, 5) is 37.5. The monoisotopic (exact) mass is 1090 g/mol. The first-order valence-electron chi connectivity index (χ1n) is 34.2. The van der Waals surface area contributed by atoms with E-state index in [1.165, 1.54) is 295 Å². The Kier molecular flexibility index (Phi) is 59.0. The number of quaternary nitrogens is 1. The second-order valence-electron chi connectivity index (χ2n) is 24.9. The minimum Gasteiger partial charge on any atom is -0.477 e. The van der Waals surface area contributed by atoms with E-state index in [1.54, 1.807) is 0 Å². The summed E-state index contributed by atoms with van der Waals surface area (Å²) in [5.41, 5.74) is 0. The fraction of sp³-hybridized carbons (Fsp3) is 0.956. The molecule has 2 unspecified atom stereocenters. The third-order valence-electron chi connectivity index (χ3n) is 15.9. The lowest BCUT2D eigenvalue weighted by molar-refractivity contribution is -0.870. The van der Waals surface area contributed by atoms with Gasteiger partial charge in [-0.15, -0.1) is 0 Å². The number of nitrogens with zero attached hydrogens (tertiary/aromatic N) is 1. The Morgan fingerprint density at radius 3 is 0.831 bits per heavy atom. The summed E-state index contributed by atoms with van der Waals surface area (Å²) in [5.74, 6) is -1.97. The van der Waals surface area contributed by atoms with Gasteiger partial charge in [0.25, 0.3) is 6.29 Å². The number of carbonyl (C=O) groups excluding carboxylic acids is 2. The van der Waals surface area contributed by atoms with Crippen LogP contribution in [0.15, 0.2) is 0 Å². The van der Waals surface area contributed by atoms with E-state index in [4.69, 9.17) is 18.9 Å². The van der Waals surface area contributed by atoms with Gasteiger partial charge in [0.2, 0.25) is 0 Å². The van der Waals surface area contributed by atoms with E-state index in [0.717, 1.165) is 38.5 Å². The van der Waals surface area contributed by atoms with Crippen molar-refractivity contribution in [2.24, 2.45) is 0 Å². The van der Waals surface area contributed by atoms with Gasteiger partial charge >= 0.3 is 17.9 Å². The van der Waals surface area contributed by atoms with E-state index >= 15 is 0 Å². The first-order chi connectivity index (χ1) is 37.6. The van der Waals surface area contributed by atoms with E-state index in [1.807, 2.05) is 21.1 Å². The molecule has 1 N–H and O–H groups in total. The van der Waals surface area contributed by atoms with Gasteiger partial charge in [-0.3, -0.25) is 9.59 Å². The molecule has 0 radical (unpaired) electrons. The number of carboxylic acids is 1. The first kappa shape index (κ1) is 75.3. The molecule has 0 aromatic heterocycles. The lowest BCUT2D eigenvalue weighted by atomic mass is 10.0. The van der Waals surface area contributed by atoms with Gasteiger partial charge in [-0.05, 0) is 12.8 Å². The molecule has 0 heterocycles. The molecule has 77 heavy (non-hydrogen) atoms. The third-order valence-corrected chi connectivity index (χ3v) is 15.9. The Morgan fingerprint density at radius 2 is 0.584 bits per heavy atom. The average Bonchev–Trinajstić information content (AvgIpc) is 3.40. The van der Waals surface area contributed by atoms with Crippen LogP contribution >= 0.6 is 0 Å². The van der Waals surface area contributed by atoms with E-state index in [2.05, 4.69) is 13.8 Å².